The van der Waals surface area contributed by atoms with E-state index in [0.717, 1.165) is 13.1 Å². The summed E-state index contributed by atoms with van der Waals surface area (Å²) in [5.74, 6) is 0. The highest BCUT2D eigenvalue weighted by Crippen LogP contribution is 1.95. The summed E-state index contributed by atoms with van der Waals surface area (Å²) in [7, 11) is 3.84. The highest BCUT2D eigenvalue weighted by molar-refractivity contribution is 4.68. The quantitative estimate of drug-likeness (QED) is 0.181. The molecule has 0 aromatic heterocycles. The largest absolute Gasteiger partial charge is 0.359 e. The summed E-state index contributed by atoms with van der Waals surface area (Å²) in [5.41, 5.74) is 5.37. The van der Waals surface area contributed by atoms with Gasteiger partial charge in [-0.1, -0.05) is 0 Å². The predicted octanol–water partition coefficient (Wildman–Crippen LogP) is -1.86. The van der Waals surface area contributed by atoms with Crippen LogP contribution in [0.5, 0.6) is 0 Å². The maximum atomic E-state index is 5.79. The first-order chi connectivity index (χ1) is 8.63. The molecule has 7 nitrogen and oxygen atoms in total. The number of nitrogens with two attached hydrogens (primary N) is 1. The van der Waals surface area contributed by atoms with Gasteiger partial charge in [0.15, 0.2) is 0 Å². The third-order valence-electron chi connectivity index (χ3n) is 2.39. The van der Waals surface area contributed by atoms with E-state index in [1.54, 1.807) is 0 Å². The van der Waals surface area contributed by atoms with Gasteiger partial charge in [-0.2, -0.15) is 0 Å². The molecular weight excluding hydrogens is 232 g/mol. The zero-order chi connectivity index (χ0) is 13.8. The minimum atomic E-state index is -0.0166. The topological polar surface area (TPSA) is 95.4 Å². The van der Waals surface area contributed by atoms with Gasteiger partial charge in [-0.05, 0) is 27.9 Å². The van der Waals surface area contributed by atoms with E-state index in [1.807, 2.05) is 27.9 Å². The van der Waals surface area contributed by atoms with Crippen molar-refractivity contribution < 1.29 is 4.74 Å². The first-order valence-electron chi connectivity index (χ1n) is 6.48. The number of likely N-dealkylation sites (N-methyl/N-ethyl adjacent to an activating group) is 2. The molecular formula is C11H30N6O. The van der Waals surface area contributed by atoms with Crippen LogP contribution in [0, 0.1) is 0 Å². The van der Waals surface area contributed by atoms with Crippen LogP contribution in [0.2, 0.25) is 0 Å². The number of hydrogen-bond acceptors (Lipinski definition) is 7. The number of ether oxygens (including phenoxy) is 1. The predicted molar refractivity (Wildman–Crippen MR) is 75.0 cm³/mol. The SMILES string of the molecule is CNCC(NCNCN)N[C@@H](C)O[C@@H](C)CNC. The Morgan fingerprint density at radius 1 is 1.11 bits per heavy atom. The summed E-state index contributed by atoms with van der Waals surface area (Å²) in [4.78, 5) is 0. The molecule has 0 aliphatic carbocycles. The van der Waals surface area contributed by atoms with Gasteiger partial charge in [0.25, 0.3) is 0 Å². The van der Waals surface area contributed by atoms with Crippen LogP contribution < -0.4 is 32.3 Å². The van der Waals surface area contributed by atoms with Crippen molar-refractivity contribution in [1.29, 1.82) is 0 Å². The van der Waals surface area contributed by atoms with Crippen LogP contribution in [-0.2, 0) is 4.74 Å². The van der Waals surface area contributed by atoms with Crippen LogP contribution in [-0.4, -0.2) is 59.0 Å². The smallest absolute Gasteiger partial charge is 0.106 e. The second kappa shape index (κ2) is 11.8. The van der Waals surface area contributed by atoms with E-state index in [-0.39, 0.29) is 18.5 Å². The molecule has 0 spiro atoms. The average Bonchev–Trinajstić information content (AvgIpc) is 2.29. The number of nitrogens with one attached hydrogen (secondary N) is 5. The van der Waals surface area contributed by atoms with Gasteiger partial charge in [0.05, 0.1) is 12.3 Å². The number of hydrogen-bond donors (Lipinski definition) is 6. The van der Waals surface area contributed by atoms with Gasteiger partial charge in [-0.3, -0.25) is 16.0 Å². The van der Waals surface area contributed by atoms with E-state index in [9.17, 15) is 0 Å². The molecule has 0 bridgehead atoms. The van der Waals surface area contributed by atoms with Crippen LogP contribution in [0.1, 0.15) is 13.8 Å². The molecule has 0 fully saturated rings. The standard InChI is InChI=1S/C11H30N6O/c1-9(5-13-3)18-10(2)17-11(6-14-4)16-8-15-7-12/h9-11,13-17H,5-8,12H2,1-4H3/t9-,10+,11?/m0/s1. The molecule has 18 heavy (non-hydrogen) atoms. The normalized spacial score (nSPS) is 16.5. The highest BCUT2D eigenvalue weighted by Gasteiger charge is 2.12. The van der Waals surface area contributed by atoms with Crippen LogP contribution in [0.4, 0.5) is 0 Å². The maximum absolute atomic E-state index is 5.79. The summed E-state index contributed by atoms with van der Waals surface area (Å²) in [6.07, 6.45) is 0.290. The fraction of sp³-hybridized carbons (Fsp3) is 1.00. The zero-order valence-corrected chi connectivity index (χ0v) is 12.0. The lowest BCUT2D eigenvalue weighted by atomic mass is 10.4. The van der Waals surface area contributed by atoms with Crippen molar-refractivity contribution in [3.63, 3.8) is 0 Å². The minimum Gasteiger partial charge on any atom is -0.359 e. The molecule has 0 aliphatic heterocycles. The Morgan fingerprint density at radius 2 is 1.78 bits per heavy atom. The average molecular weight is 262 g/mol. The van der Waals surface area contributed by atoms with Gasteiger partial charge >= 0.3 is 0 Å². The maximum Gasteiger partial charge on any atom is 0.106 e. The first-order valence-corrected chi connectivity index (χ1v) is 6.48. The Labute approximate surface area is 111 Å². The second-order valence-electron chi connectivity index (χ2n) is 4.26. The molecule has 0 aromatic rings. The van der Waals surface area contributed by atoms with Gasteiger partial charge < -0.3 is 21.1 Å². The molecule has 0 heterocycles. The molecule has 3 atom stereocenters. The Bertz CT molecular complexity index is 183. The lowest BCUT2D eigenvalue weighted by Gasteiger charge is -2.26. The summed E-state index contributed by atoms with van der Waals surface area (Å²) in [5, 5.41) is 15.9. The molecule has 1 unspecified atom stereocenters. The molecule has 7 N–H and O–H groups in total. The molecule has 0 saturated heterocycles. The van der Waals surface area contributed by atoms with Crippen molar-refractivity contribution in [3.8, 4) is 0 Å². The lowest BCUT2D eigenvalue weighted by molar-refractivity contribution is -0.0169. The summed E-state index contributed by atoms with van der Waals surface area (Å²) >= 11 is 0. The van der Waals surface area contributed by atoms with Gasteiger partial charge in [0, 0.05) is 26.4 Å². The van der Waals surface area contributed by atoms with Crippen molar-refractivity contribution in [2.24, 2.45) is 5.73 Å². The van der Waals surface area contributed by atoms with E-state index in [2.05, 4.69) is 26.6 Å². The molecule has 7 heteroatoms. The first kappa shape index (κ1) is 17.7. The summed E-state index contributed by atoms with van der Waals surface area (Å²) in [6.45, 7) is 6.82. The fourth-order valence-corrected chi connectivity index (χ4v) is 1.67. The van der Waals surface area contributed by atoms with Crippen LogP contribution >= 0.6 is 0 Å². The van der Waals surface area contributed by atoms with Gasteiger partial charge in [0.2, 0.25) is 0 Å². The molecule has 0 radical (unpaired) electrons. The second-order valence-corrected chi connectivity index (χ2v) is 4.26. The van der Waals surface area contributed by atoms with Crippen molar-refractivity contribution in [2.75, 3.05) is 40.5 Å². The Hall–Kier alpha value is -0.280. The Balaban J connectivity index is 3.89. The van der Waals surface area contributed by atoms with Crippen molar-refractivity contribution in [3.05, 3.63) is 0 Å². The van der Waals surface area contributed by atoms with E-state index in [1.165, 1.54) is 0 Å². The highest BCUT2D eigenvalue weighted by atomic mass is 16.5. The Kier molecular flexibility index (Phi) is 11.6. The van der Waals surface area contributed by atoms with Crippen molar-refractivity contribution in [2.45, 2.75) is 32.3 Å². The zero-order valence-electron chi connectivity index (χ0n) is 12.0. The molecule has 110 valence electrons. The molecule has 0 rings (SSSR count). The summed E-state index contributed by atoms with van der Waals surface area (Å²) in [6, 6.07) is 0. The third-order valence-corrected chi connectivity index (χ3v) is 2.39. The number of rotatable bonds is 12. The molecule has 0 aliphatic rings. The third kappa shape index (κ3) is 9.72. The van der Waals surface area contributed by atoms with Crippen LogP contribution in [0.25, 0.3) is 0 Å². The van der Waals surface area contributed by atoms with E-state index in [0.29, 0.717) is 13.3 Å². The summed E-state index contributed by atoms with van der Waals surface area (Å²) < 4.78 is 5.79. The van der Waals surface area contributed by atoms with Crippen molar-refractivity contribution in [1.82, 2.24) is 26.6 Å². The minimum absolute atomic E-state index is 0.0166. The monoisotopic (exact) mass is 262 g/mol. The van der Waals surface area contributed by atoms with Gasteiger partial charge in [-0.15, -0.1) is 0 Å². The van der Waals surface area contributed by atoms with E-state index >= 15 is 0 Å². The molecule has 0 saturated carbocycles. The Morgan fingerprint density at radius 3 is 2.33 bits per heavy atom. The van der Waals surface area contributed by atoms with Crippen molar-refractivity contribution >= 4 is 0 Å². The van der Waals surface area contributed by atoms with E-state index < -0.39 is 0 Å². The lowest BCUT2D eigenvalue weighted by Crippen LogP contribution is -2.55. The molecule has 0 aromatic carbocycles. The van der Waals surface area contributed by atoms with Crippen LogP contribution in [0.15, 0.2) is 0 Å². The van der Waals surface area contributed by atoms with Crippen LogP contribution in [0.3, 0.4) is 0 Å². The van der Waals surface area contributed by atoms with Gasteiger partial charge in [-0.25, -0.2) is 0 Å². The van der Waals surface area contributed by atoms with Gasteiger partial charge in [0.1, 0.15) is 6.23 Å². The molecule has 0 amide bonds. The fourth-order valence-electron chi connectivity index (χ4n) is 1.67. The van der Waals surface area contributed by atoms with E-state index in [4.69, 9.17) is 10.5 Å².